The summed E-state index contributed by atoms with van der Waals surface area (Å²) in [5, 5.41) is 23.4. The Morgan fingerprint density at radius 1 is 0.214 bits per heavy atom. The number of rotatable bonds is 0. The maximum atomic E-state index is 4.18. The van der Waals surface area contributed by atoms with E-state index in [0.29, 0.717) is 0 Å². The fourth-order valence-electron chi connectivity index (χ4n) is 5.74. The molecule has 0 bridgehead atoms. The predicted octanol–water partition coefficient (Wildman–Crippen LogP) is 21.0. The second kappa shape index (κ2) is 46.0. The first kappa shape index (κ1) is 73.5. The van der Waals surface area contributed by atoms with Crippen molar-refractivity contribution in [3.63, 3.8) is 0 Å². The predicted molar refractivity (Wildman–Crippen MR) is 365 cm³/mol. The third-order valence-electron chi connectivity index (χ3n) is 8.73. The molecule has 0 saturated heterocycles. The number of benzene rings is 6. The van der Waals surface area contributed by atoms with Gasteiger partial charge in [-0.05, 0) is 94.8 Å². The molecular formula is C74H98N10. The van der Waals surface area contributed by atoms with Crippen molar-refractivity contribution in [2.75, 3.05) is 0 Å². The van der Waals surface area contributed by atoms with Crippen molar-refractivity contribution < 1.29 is 0 Å². The molecule has 0 radical (unpaired) electrons. The average Bonchev–Trinajstić information content (AvgIpc) is 3.49. The summed E-state index contributed by atoms with van der Waals surface area (Å²) in [6, 6.07) is 55.9. The molecular weight excluding hydrogens is 1030 g/mol. The molecule has 0 spiro atoms. The van der Waals surface area contributed by atoms with E-state index in [4.69, 9.17) is 0 Å². The molecule has 0 fully saturated rings. The highest BCUT2D eigenvalue weighted by atomic mass is 15.1. The Bertz CT molecular complexity index is 2480. The molecule has 6 aromatic heterocycles. The summed E-state index contributed by atoms with van der Waals surface area (Å²) in [6.07, 6.45) is 17.5. The highest BCUT2D eigenvalue weighted by Gasteiger charge is 1.92. The lowest BCUT2D eigenvalue weighted by atomic mass is 10.2. The first-order chi connectivity index (χ1) is 40.2. The van der Waals surface area contributed by atoms with Crippen LogP contribution < -0.4 is 0 Å². The molecule has 0 aliphatic carbocycles. The molecule has 84 heavy (non-hydrogen) atoms. The lowest BCUT2D eigenvalue weighted by Gasteiger charge is -1.91. The van der Waals surface area contributed by atoms with Gasteiger partial charge in [0, 0.05) is 64.1 Å². The summed E-state index contributed by atoms with van der Waals surface area (Å²) in [5.74, 6) is 5.00. The van der Waals surface area contributed by atoms with Crippen molar-refractivity contribution in [2.45, 2.75) is 125 Å². The minimum atomic E-state index is 0.833. The van der Waals surface area contributed by atoms with E-state index in [0.717, 1.165) is 84.6 Å². The van der Waals surface area contributed by atoms with Crippen LogP contribution in [-0.2, 0) is 0 Å². The Labute approximate surface area is 505 Å². The van der Waals surface area contributed by atoms with E-state index in [2.05, 4.69) is 199 Å². The molecule has 10 nitrogen and oxygen atoms in total. The van der Waals surface area contributed by atoms with E-state index in [1.54, 1.807) is 37.3 Å². The van der Waals surface area contributed by atoms with Crippen LogP contribution in [0, 0.1) is 35.5 Å². The van der Waals surface area contributed by atoms with Crippen LogP contribution in [-0.4, -0.2) is 50.3 Å². The lowest BCUT2D eigenvalue weighted by molar-refractivity contribution is 0.736. The van der Waals surface area contributed by atoms with E-state index < -0.39 is 0 Å². The molecule has 0 aliphatic heterocycles. The summed E-state index contributed by atoms with van der Waals surface area (Å²) in [4.78, 5) is 24.4. The summed E-state index contributed by atoms with van der Waals surface area (Å²) >= 11 is 0. The fourth-order valence-corrected chi connectivity index (χ4v) is 5.74. The number of para-hydroxylation sites is 4. The standard InChI is InChI=1S/2C9H7N.4C8H6N2.6C4H10/c1-2-6-9-8(4-1)5-3-7-10-9;1-2-4-9-7-10-6-5-8(9)3-1;1-2-4-8-7(3-1)5-9-6-10-8;1-2-4-8-6-10-9-5-7(8)3-1;1-2-4-8-7(3-1)9-5-6-10-8;1-2-4-8-7(3-1)5-6-9-10-8;6*1-4(2)3/h2*1-7H;4*1-6H;6*4H,1-3H3. The van der Waals surface area contributed by atoms with Gasteiger partial charge in [0.15, 0.2) is 0 Å². The molecule has 0 atom stereocenters. The fraction of sp³-hybridized carbons (Fsp3) is 0.324. The van der Waals surface area contributed by atoms with Gasteiger partial charge in [-0.25, -0.2) is 9.97 Å². The van der Waals surface area contributed by atoms with Crippen LogP contribution in [0.2, 0.25) is 0 Å². The number of nitrogens with zero attached hydrogens (tertiary/aromatic N) is 10. The van der Waals surface area contributed by atoms with Crippen LogP contribution >= 0.6 is 0 Å². The number of pyridine rings is 2. The summed E-state index contributed by atoms with van der Waals surface area (Å²) in [5.41, 5.74) is 4.91. The average molecular weight is 1130 g/mol. The minimum absolute atomic E-state index is 0.833. The molecule has 0 N–H and O–H groups in total. The van der Waals surface area contributed by atoms with Gasteiger partial charge in [0.05, 0.1) is 46.2 Å². The van der Waals surface area contributed by atoms with Crippen molar-refractivity contribution in [1.82, 2.24) is 50.3 Å². The van der Waals surface area contributed by atoms with Crippen LogP contribution in [0.25, 0.3) is 65.3 Å². The van der Waals surface area contributed by atoms with Gasteiger partial charge in [-0.15, -0.1) is 0 Å². The van der Waals surface area contributed by atoms with Gasteiger partial charge in [0.1, 0.15) is 6.33 Å². The Hall–Kier alpha value is -8.50. The first-order valence-corrected chi connectivity index (χ1v) is 29.4. The second-order valence-corrected chi connectivity index (χ2v) is 23.1. The number of fused-ring (bicyclic) bond motifs is 6. The molecule has 6 heterocycles. The zero-order chi connectivity index (χ0) is 62.3. The highest BCUT2D eigenvalue weighted by Crippen LogP contribution is 2.12. The second-order valence-electron chi connectivity index (χ2n) is 23.1. The largest absolute Gasteiger partial charge is 0.264 e. The smallest absolute Gasteiger partial charge is 0.116 e. The Kier molecular flexibility index (Phi) is 40.3. The Morgan fingerprint density at radius 2 is 0.524 bits per heavy atom. The maximum Gasteiger partial charge on any atom is 0.116 e. The van der Waals surface area contributed by atoms with Crippen LogP contribution in [0.15, 0.2) is 232 Å². The zero-order valence-corrected chi connectivity index (χ0v) is 53.9. The van der Waals surface area contributed by atoms with E-state index in [1.807, 2.05) is 170 Å². The topological polar surface area (TPSA) is 129 Å². The third kappa shape index (κ3) is 39.0. The Balaban J connectivity index is 0.000000469. The summed E-state index contributed by atoms with van der Waals surface area (Å²) in [6.45, 7) is 39.0. The molecule has 444 valence electrons. The normalized spacial score (nSPS) is 9.71. The van der Waals surface area contributed by atoms with E-state index >= 15 is 0 Å². The molecule has 10 heteroatoms. The first-order valence-electron chi connectivity index (χ1n) is 29.4. The summed E-state index contributed by atoms with van der Waals surface area (Å²) in [7, 11) is 0. The third-order valence-corrected chi connectivity index (χ3v) is 8.73. The van der Waals surface area contributed by atoms with Gasteiger partial charge in [0.2, 0.25) is 0 Å². The number of aromatic nitrogens is 10. The van der Waals surface area contributed by atoms with Gasteiger partial charge in [-0.1, -0.05) is 246 Å². The van der Waals surface area contributed by atoms with Crippen LogP contribution in [0.3, 0.4) is 0 Å². The molecule has 12 aromatic rings. The van der Waals surface area contributed by atoms with Crippen molar-refractivity contribution in [3.05, 3.63) is 232 Å². The van der Waals surface area contributed by atoms with E-state index in [-0.39, 0.29) is 0 Å². The maximum absolute atomic E-state index is 4.18. The quantitative estimate of drug-likeness (QED) is 0.145. The van der Waals surface area contributed by atoms with Gasteiger partial charge in [-0.3, -0.25) is 19.9 Å². The van der Waals surface area contributed by atoms with Gasteiger partial charge < -0.3 is 0 Å². The molecule has 12 rings (SSSR count). The van der Waals surface area contributed by atoms with Gasteiger partial charge in [-0.2, -0.15) is 20.4 Å². The van der Waals surface area contributed by atoms with E-state index in [9.17, 15) is 0 Å². The molecule has 0 aliphatic rings. The number of hydrogen-bond acceptors (Lipinski definition) is 10. The van der Waals surface area contributed by atoms with Crippen molar-refractivity contribution in [2.24, 2.45) is 35.5 Å². The molecule has 6 aromatic carbocycles. The van der Waals surface area contributed by atoms with E-state index in [1.165, 1.54) is 16.2 Å². The van der Waals surface area contributed by atoms with Crippen molar-refractivity contribution in [1.29, 1.82) is 0 Å². The highest BCUT2D eigenvalue weighted by molar-refractivity contribution is 5.82. The summed E-state index contributed by atoms with van der Waals surface area (Å²) < 4.78 is 0. The Morgan fingerprint density at radius 3 is 0.940 bits per heavy atom. The van der Waals surface area contributed by atoms with Crippen LogP contribution in [0.1, 0.15) is 125 Å². The van der Waals surface area contributed by atoms with Crippen LogP contribution in [0.5, 0.6) is 0 Å². The van der Waals surface area contributed by atoms with Crippen molar-refractivity contribution in [3.8, 4) is 0 Å². The minimum Gasteiger partial charge on any atom is -0.264 e. The van der Waals surface area contributed by atoms with Crippen molar-refractivity contribution >= 4 is 65.3 Å². The molecule has 0 unspecified atom stereocenters. The monoisotopic (exact) mass is 1130 g/mol. The van der Waals surface area contributed by atoms with Gasteiger partial charge in [0.25, 0.3) is 0 Å². The van der Waals surface area contributed by atoms with Gasteiger partial charge >= 0.3 is 0 Å². The zero-order valence-electron chi connectivity index (χ0n) is 53.9. The molecule has 0 amide bonds. The number of hydrogen-bond donors (Lipinski definition) is 0. The van der Waals surface area contributed by atoms with Crippen LogP contribution in [0.4, 0.5) is 0 Å². The lowest BCUT2D eigenvalue weighted by Crippen LogP contribution is -1.79. The molecule has 0 saturated carbocycles. The SMILES string of the molecule is CC(C)C.CC(C)C.CC(C)C.CC(C)C.CC(C)C.CC(C)C.c1ccc2cnccc2c1.c1ccc2cnncc2c1.c1ccc2ncccc2c1.c1ccc2nccnc2c1.c1ccc2ncncc2c1.c1ccc2nnccc2c1.